The third kappa shape index (κ3) is 3.11. The van der Waals surface area contributed by atoms with Crippen LogP contribution in [0.1, 0.15) is 17.5 Å². The first-order valence-corrected chi connectivity index (χ1v) is 7.81. The second kappa shape index (κ2) is 6.24. The second-order valence-electron chi connectivity index (χ2n) is 5.97. The predicted molar refractivity (Wildman–Crippen MR) is 91.4 cm³/mol. The minimum atomic E-state index is -0.615. The van der Waals surface area contributed by atoms with Crippen molar-refractivity contribution >= 4 is 23.2 Å². The number of aryl methyl sites for hydroxylation is 2. The number of benzene rings is 2. The van der Waals surface area contributed by atoms with E-state index in [2.05, 4.69) is 5.32 Å². The molecule has 3 rings (SSSR count). The number of anilines is 2. The Labute approximate surface area is 136 Å². The summed E-state index contributed by atoms with van der Waals surface area (Å²) in [6.07, 6.45) is 0.546. The zero-order chi connectivity index (χ0) is 16.4. The molecule has 2 aromatic rings. The van der Waals surface area contributed by atoms with Crippen LogP contribution in [0.2, 0.25) is 0 Å². The van der Waals surface area contributed by atoms with E-state index in [1.165, 1.54) is 0 Å². The van der Waals surface area contributed by atoms with Crippen LogP contribution in [-0.4, -0.2) is 18.4 Å². The number of nitrogens with zero attached hydrogens (tertiary/aromatic N) is 1. The van der Waals surface area contributed by atoms with Crippen LogP contribution in [0.4, 0.5) is 11.4 Å². The normalized spacial score (nSPS) is 17.4. The van der Waals surface area contributed by atoms with Crippen LogP contribution in [0.15, 0.2) is 48.5 Å². The standard InChI is InChI=1S/C19H20N2O2/c1-13-8-9-17(14(2)12-13)20-18(22)16-10-11-21(19(16)23)15-6-4-3-5-7-15/h3-9,12,16H,10-11H2,1-2H3,(H,20,22). The summed E-state index contributed by atoms with van der Waals surface area (Å²) >= 11 is 0. The van der Waals surface area contributed by atoms with Crippen molar-refractivity contribution in [2.45, 2.75) is 20.3 Å². The minimum Gasteiger partial charge on any atom is -0.325 e. The van der Waals surface area contributed by atoms with Crippen LogP contribution >= 0.6 is 0 Å². The number of rotatable bonds is 3. The van der Waals surface area contributed by atoms with Crippen molar-refractivity contribution in [2.24, 2.45) is 5.92 Å². The van der Waals surface area contributed by atoms with E-state index >= 15 is 0 Å². The van der Waals surface area contributed by atoms with E-state index in [1.807, 2.05) is 62.4 Å². The fourth-order valence-electron chi connectivity index (χ4n) is 2.96. The van der Waals surface area contributed by atoms with Crippen molar-refractivity contribution < 1.29 is 9.59 Å². The predicted octanol–water partition coefficient (Wildman–Crippen LogP) is 3.30. The molecular formula is C19H20N2O2. The smallest absolute Gasteiger partial charge is 0.239 e. The van der Waals surface area contributed by atoms with Crippen molar-refractivity contribution in [1.29, 1.82) is 0 Å². The van der Waals surface area contributed by atoms with Gasteiger partial charge in [0, 0.05) is 17.9 Å². The summed E-state index contributed by atoms with van der Waals surface area (Å²) in [7, 11) is 0. The third-order valence-electron chi connectivity index (χ3n) is 4.23. The van der Waals surface area contributed by atoms with Crippen molar-refractivity contribution in [2.75, 3.05) is 16.8 Å². The van der Waals surface area contributed by atoms with Gasteiger partial charge in [-0.15, -0.1) is 0 Å². The highest BCUT2D eigenvalue weighted by Crippen LogP contribution is 2.26. The van der Waals surface area contributed by atoms with Crippen LogP contribution in [-0.2, 0) is 9.59 Å². The lowest BCUT2D eigenvalue weighted by Gasteiger charge is -2.17. The van der Waals surface area contributed by atoms with Gasteiger partial charge in [-0.3, -0.25) is 9.59 Å². The molecule has 1 heterocycles. The molecule has 0 aromatic heterocycles. The number of carbonyl (C=O) groups is 2. The first-order chi connectivity index (χ1) is 11.1. The Hall–Kier alpha value is -2.62. The molecule has 1 aliphatic rings. The van der Waals surface area contributed by atoms with Crippen molar-refractivity contribution in [3.05, 3.63) is 59.7 Å². The Balaban J connectivity index is 1.72. The molecule has 4 nitrogen and oxygen atoms in total. The molecule has 1 atom stereocenters. The average molecular weight is 308 g/mol. The Bertz CT molecular complexity index is 740. The molecule has 2 aromatic carbocycles. The molecule has 0 bridgehead atoms. The van der Waals surface area contributed by atoms with E-state index in [9.17, 15) is 9.59 Å². The molecule has 1 unspecified atom stereocenters. The zero-order valence-electron chi connectivity index (χ0n) is 13.4. The summed E-state index contributed by atoms with van der Waals surface area (Å²) in [6, 6.07) is 15.3. The minimum absolute atomic E-state index is 0.126. The molecule has 23 heavy (non-hydrogen) atoms. The summed E-state index contributed by atoms with van der Waals surface area (Å²) in [5.41, 5.74) is 3.77. The molecular weight excluding hydrogens is 288 g/mol. The second-order valence-corrected chi connectivity index (χ2v) is 5.97. The Kier molecular flexibility index (Phi) is 4.15. The first kappa shape index (κ1) is 15.3. The maximum Gasteiger partial charge on any atom is 0.239 e. The molecule has 0 aliphatic carbocycles. The summed E-state index contributed by atoms with van der Waals surface area (Å²) in [5, 5.41) is 2.90. The van der Waals surface area contributed by atoms with Gasteiger partial charge in [-0.2, -0.15) is 0 Å². The summed E-state index contributed by atoms with van der Waals surface area (Å²) in [5.74, 6) is -0.963. The lowest BCUT2D eigenvalue weighted by molar-refractivity contribution is -0.129. The molecule has 1 N–H and O–H groups in total. The average Bonchev–Trinajstić information content (AvgIpc) is 2.92. The van der Waals surface area contributed by atoms with Gasteiger partial charge in [-0.1, -0.05) is 35.9 Å². The highest BCUT2D eigenvalue weighted by atomic mass is 16.2. The number of carbonyl (C=O) groups excluding carboxylic acids is 2. The van der Waals surface area contributed by atoms with Crippen LogP contribution in [0.25, 0.3) is 0 Å². The molecule has 2 amide bonds. The van der Waals surface area contributed by atoms with E-state index in [0.29, 0.717) is 13.0 Å². The molecule has 1 aliphatic heterocycles. The lowest BCUT2D eigenvalue weighted by atomic mass is 10.1. The highest BCUT2D eigenvalue weighted by Gasteiger charge is 2.37. The van der Waals surface area contributed by atoms with Gasteiger partial charge < -0.3 is 10.2 Å². The molecule has 0 radical (unpaired) electrons. The summed E-state index contributed by atoms with van der Waals surface area (Å²) < 4.78 is 0. The number of para-hydroxylation sites is 1. The third-order valence-corrected chi connectivity index (χ3v) is 4.23. The van der Waals surface area contributed by atoms with E-state index in [1.54, 1.807) is 4.90 Å². The van der Waals surface area contributed by atoms with Crippen LogP contribution < -0.4 is 10.2 Å². The molecule has 118 valence electrons. The van der Waals surface area contributed by atoms with E-state index in [4.69, 9.17) is 0 Å². The number of nitrogens with one attached hydrogen (secondary N) is 1. The Morgan fingerprint density at radius 3 is 2.57 bits per heavy atom. The van der Waals surface area contributed by atoms with E-state index in [-0.39, 0.29) is 11.8 Å². The number of hydrogen-bond donors (Lipinski definition) is 1. The van der Waals surface area contributed by atoms with Crippen molar-refractivity contribution in [3.63, 3.8) is 0 Å². The number of amides is 2. The first-order valence-electron chi connectivity index (χ1n) is 7.81. The highest BCUT2D eigenvalue weighted by molar-refractivity contribution is 6.13. The van der Waals surface area contributed by atoms with Crippen LogP contribution in [0, 0.1) is 19.8 Å². The molecule has 4 heteroatoms. The van der Waals surface area contributed by atoms with Gasteiger partial charge in [0.15, 0.2) is 0 Å². The molecule has 1 saturated heterocycles. The maximum absolute atomic E-state index is 12.5. The summed E-state index contributed by atoms with van der Waals surface area (Å²) in [6.45, 7) is 4.54. The fraction of sp³-hybridized carbons (Fsp3) is 0.263. The molecule has 0 saturated carbocycles. The van der Waals surface area contributed by atoms with Gasteiger partial charge in [0.2, 0.25) is 11.8 Å². The van der Waals surface area contributed by atoms with Crippen molar-refractivity contribution in [1.82, 2.24) is 0 Å². The lowest BCUT2D eigenvalue weighted by Crippen LogP contribution is -2.33. The maximum atomic E-state index is 12.5. The van der Waals surface area contributed by atoms with Gasteiger partial charge in [0.05, 0.1) is 0 Å². The Morgan fingerprint density at radius 2 is 1.87 bits per heavy atom. The van der Waals surface area contributed by atoms with E-state index < -0.39 is 5.92 Å². The monoisotopic (exact) mass is 308 g/mol. The number of hydrogen-bond acceptors (Lipinski definition) is 2. The quantitative estimate of drug-likeness (QED) is 0.885. The molecule has 1 fully saturated rings. The summed E-state index contributed by atoms with van der Waals surface area (Å²) in [4.78, 5) is 26.7. The Morgan fingerprint density at radius 1 is 1.13 bits per heavy atom. The zero-order valence-corrected chi connectivity index (χ0v) is 13.4. The van der Waals surface area contributed by atoms with Gasteiger partial charge in [-0.05, 0) is 44.0 Å². The largest absolute Gasteiger partial charge is 0.325 e. The topological polar surface area (TPSA) is 49.4 Å². The van der Waals surface area contributed by atoms with Crippen LogP contribution in [0.3, 0.4) is 0 Å². The SMILES string of the molecule is Cc1ccc(NC(=O)C2CCN(c3ccccc3)C2=O)c(C)c1. The van der Waals surface area contributed by atoms with Crippen LogP contribution in [0.5, 0.6) is 0 Å². The fourth-order valence-corrected chi connectivity index (χ4v) is 2.96. The van der Waals surface area contributed by atoms with Gasteiger partial charge >= 0.3 is 0 Å². The van der Waals surface area contributed by atoms with Gasteiger partial charge in [0.1, 0.15) is 5.92 Å². The van der Waals surface area contributed by atoms with Crippen molar-refractivity contribution in [3.8, 4) is 0 Å². The van der Waals surface area contributed by atoms with Gasteiger partial charge in [0.25, 0.3) is 0 Å². The van der Waals surface area contributed by atoms with E-state index in [0.717, 1.165) is 22.5 Å². The molecule has 0 spiro atoms. The van der Waals surface area contributed by atoms with Gasteiger partial charge in [-0.25, -0.2) is 0 Å².